The Hall–Kier alpha value is -3.87. The van der Waals surface area contributed by atoms with Gasteiger partial charge >= 0.3 is 0 Å². The van der Waals surface area contributed by atoms with E-state index in [0.29, 0.717) is 31.1 Å². The molecule has 7 nitrogen and oxygen atoms in total. The Morgan fingerprint density at radius 2 is 1.68 bits per heavy atom. The average molecular weight is 457 g/mol. The van der Waals surface area contributed by atoms with Crippen LogP contribution in [0, 0.1) is 13.8 Å². The highest BCUT2D eigenvalue weighted by atomic mass is 16.5. The molecule has 5 rings (SSSR count). The minimum absolute atomic E-state index is 0.0646. The van der Waals surface area contributed by atoms with Crippen molar-refractivity contribution in [1.82, 2.24) is 19.6 Å². The third-order valence-corrected chi connectivity index (χ3v) is 6.74. The number of benzene rings is 2. The molecule has 34 heavy (non-hydrogen) atoms. The maximum Gasteiger partial charge on any atom is 0.253 e. The number of nitrogens with zero attached hydrogens (tertiary/aromatic N) is 4. The van der Waals surface area contributed by atoms with Crippen molar-refractivity contribution in [3.8, 4) is 16.9 Å². The van der Waals surface area contributed by atoms with Gasteiger partial charge in [-0.25, -0.2) is 4.98 Å². The Kier molecular flexibility index (Phi) is 5.92. The number of aromatic hydroxyl groups is 1. The van der Waals surface area contributed by atoms with Gasteiger partial charge in [0.1, 0.15) is 17.3 Å². The number of amides is 1. The molecule has 1 saturated heterocycles. The van der Waals surface area contributed by atoms with Gasteiger partial charge in [0, 0.05) is 42.5 Å². The van der Waals surface area contributed by atoms with Crippen molar-refractivity contribution in [2.75, 3.05) is 13.1 Å². The molecule has 1 N–H and O–H groups in total. The van der Waals surface area contributed by atoms with Crippen LogP contribution in [0.1, 0.15) is 52.0 Å². The number of hydrogen-bond acceptors (Lipinski definition) is 5. The zero-order valence-electron chi connectivity index (χ0n) is 19.4. The number of likely N-dealkylation sites (tertiary alicyclic amines) is 1. The Labute approximate surface area is 198 Å². The second-order valence-electron chi connectivity index (χ2n) is 8.91. The van der Waals surface area contributed by atoms with E-state index in [1.165, 1.54) is 0 Å². The fourth-order valence-corrected chi connectivity index (χ4v) is 4.69. The first-order valence-corrected chi connectivity index (χ1v) is 11.6. The second kappa shape index (κ2) is 9.17. The number of phenolic OH excluding ortho intramolecular Hbond substituents is 1. The van der Waals surface area contributed by atoms with Gasteiger partial charge in [0.2, 0.25) is 0 Å². The van der Waals surface area contributed by atoms with Crippen LogP contribution in [-0.4, -0.2) is 43.7 Å². The number of aromatic nitrogens is 3. The van der Waals surface area contributed by atoms with E-state index < -0.39 is 0 Å². The first kappa shape index (κ1) is 21.9. The maximum absolute atomic E-state index is 13.1. The molecule has 0 unspecified atom stereocenters. The first-order valence-electron chi connectivity index (χ1n) is 11.6. The van der Waals surface area contributed by atoms with Crippen molar-refractivity contribution < 1.29 is 14.4 Å². The lowest BCUT2D eigenvalue weighted by atomic mass is 9.95. The van der Waals surface area contributed by atoms with Crippen LogP contribution in [0.25, 0.3) is 11.1 Å². The Bertz CT molecular complexity index is 1260. The minimum Gasteiger partial charge on any atom is -0.508 e. The summed E-state index contributed by atoms with van der Waals surface area (Å²) in [6.45, 7) is 6.02. The Balaban J connectivity index is 1.22. The number of aryl methyl sites for hydroxylation is 2. The van der Waals surface area contributed by atoms with E-state index in [1.54, 1.807) is 12.1 Å². The molecule has 2 aromatic heterocycles. The Morgan fingerprint density at radius 3 is 2.29 bits per heavy atom. The van der Waals surface area contributed by atoms with Gasteiger partial charge in [0.05, 0.1) is 12.2 Å². The monoisotopic (exact) mass is 456 g/mol. The van der Waals surface area contributed by atoms with Crippen LogP contribution in [0.15, 0.2) is 65.4 Å². The van der Waals surface area contributed by atoms with Crippen LogP contribution < -0.4 is 0 Å². The molecule has 1 amide bonds. The summed E-state index contributed by atoms with van der Waals surface area (Å²) in [5.74, 6) is 2.52. The molecule has 0 saturated carbocycles. The predicted molar refractivity (Wildman–Crippen MR) is 129 cm³/mol. The van der Waals surface area contributed by atoms with Crippen LogP contribution in [0.3, 0.4) is 0 Å². The molecule has 4 aromatic rings. The zero-order valence-corrected chi connectivity index (χ0v) is 19.4. The SMILES string of the molecule is Cc1noc(C)c1Cn1ccnc1C1CCN(C(=O)c2ccc(-c3ccc(O)cc3)cc2)CC1. The van der Waals surface area contributed by atoms with Gasteiger partial charge in [-0.3, -0.25) is 4.79 Å². The number of piperidine rings is 1. The average Bonchev–Trinajstić information content (AvgIpc) is 3.46. The van der Waals surface area contributed by atoms with Crippen LogP contribution >= 0.6 is 0 Å². The van der Waals surface area contributed by atoms with Crippen molar-refractivity contribution in [2.24, 2.45) is 0 Å². The van der Waals surface area contributed by atoms with Crippen molar-refractivity contribution >= 4 is 5.91 Å². The fraction of sp³-hybridized carbons (Fsp3) is 0.296. The standard InChI is InChI=1S/C27H28N4O3/c1-18-25(19(2)34-29-18)17-31-16-13-28-26(31)22-11-14-30(15-12-22)27(33)23-5-3-20(4-6-23)21-7-9-24(32)10-8-21/h3-10,13,16,22,32H,11-12,14-15,17H2,1-2H3. The third kappa shape index (κ3) is 4.33. The van der Waals surface area contributed by atoms with Crippen molar-refractivity contribution in [2.45, 2.75) is 39.2 Å². The van der Waals surface area contributed by atoms with Gasteiger partial charge in [-0.15, -0.1) is 0 Å². The minimum atomic E-state index is 0.0646. The quantitative estimate of drug-likeness (QED) is 0.460. The van der Waals surface area contributed by atoms with Gasteiger partial charge in [-0.2, -0.15) is 0 Å². The maximum atomic E-state index is 13.1. The summed E-state index contributed by atoms with van der Waals surface area (Å²) in [5.41, 5.74) is 4.72. The van der Waals surface area contributed by atoms with E-state index in [0.717, 1.165) is 46.8 Å². The van der Waals surface area contributed by atoms with Gasteiger partial charge < -0.3 is 19.1 Å². The molecule has 7 heteroatoms. The second-order valence-corrected chi connectivity index (χ2v) is 8.91. The smallest absolute Gasteiger partial charge is 0.253 e. The molecule has 1 aliphatic rings. The molecule has 2 aromatic carbocycles. The first-order chi connectivity index (χ1) is 16.5. The highest BCUT2D eigenvalue weighted by Crippen LogP contribution is 2.29. The number of phenols is 1. The molecule has 3 heterocycles. The summed E-state index contributed by atoms with van der Waals surface area (Å²) >= 11 is 0. The highest BCUT2D eigenvalue weighted by molar-refractivity contribution is 5.94. The topological polar surface area (TPSA) is 84.4 Å². The summed E-state index contributed by atoms with van der Waals surface area (Å²) in [5, 5.41) is 13.5. The van der Waals surface area contributed by atoms with E-state index in [2.05, 4.69) is 14.7 Å². The van der Waals surface area contributed by atoms with Crippen molar-refractivity contribution in [1.29, 1.82) is 0 Å². The Morgan fingerprint density at radius 1 is 1.03 bits per heavy atom. The molecule has 0 bridgehead atoms. The summed E-state index contributed by atoms with van der Waals surface area (Å²) in [6.07, 6.45) is 5.63. The fourth-order valence-electron chi connectivity index (χ4n) is 4.69. The zero-order chi connectivity index (χ0) is 23.7. The predicted octanol–water partition coefficient (Wildman–Crippen LogP) is 4.93. The van der Waals surface area contributed by atoms with Gasteiger partial charge in [0.25, 0.3) is 5.91 Å². The molecule has 174 valence electrons. The number of rotatable bonds is 5. The highest BCUT2D eigenvalue weighted by Gasteiger charge is 2.27. The third-order valence-electron chi connectivity index (χ3n) is 6.74. The van der Waals surface area contributed by atoms with Gasteiger partial charge in [0.15, 0.2) is 0 Å². The van der Waals surface area contributed by atoms with E-state index in [9.17, 15) is 9.90 Å². The molecular formula is C27H28N4O3. The molecule has 1 fully saturated rings. The number of imidazole rings is 1. The summed E-state index contributed by atoms with van der Waals surface area (Å²) < 4.78 is 7.49. The molecule has 0 radical (unpaired) electrons. The molecule has 1 aliphatic heterocycles. The molecule has 0 atom stereocenters. The van der Waals surface area contributed by atoms with Crippen LogP contribution in [0.4, 0.5) is 0 Å². The van der Waals surface area contributed by atoms with Crippen LogP contribution in [0.2, 0.25) is 0 Å². The van der Waals surface area contributed by atoms with E-state index in [4.69, 9.17) is 4.52 Å². The van der Waals surface area contributed by atoms with Gasteiger partial charge in [-0.05, 0) is 62.1 Å². The van der Waals surface area contributed by atoms with Crippen molar-refractivity contribution in [3.63, 3.8) is 0 Å². The van der Waals surface area contributed by atoms with Crippen LogP contribution in [-0.2, 0) is 6.54 Å². The molecule has 0 spiro atoms. The van der Waals surface area contributed by atoms with E-state index in [1.807, 2.05) is 67.5 Å². The molecule has 0 aliphatic carbocycles. The summed E-state index contributed by atoms with van der Waals surface area (Å²) in [7, 11) is 0. The normalized spacial score (nSPS) is 14.5. The van der Waals surface area contributed by atoms with Gasteiger partial charge in [-0.1, -0.05) is 29.4 Å². The largest absolute Gasteiger partial charge is 0.508 e. The number of carbonyl (C=O) groups is 1. The summed E-state index contributed by atoms with van der Waals surface area (Å²) in [4.78, 5) is 19.7. The number of hydrogen-bond donors (Lipinski definition) is 1. The van der Waals surface area contributed by atoms with E-state index in [-0.39, 0.29) is 11.7 Å². The lowest BCUT2D eigenvalue weighted by Gasteiger charge is -2.32. The van der Waals surface area contributed by atoms with Crippen LogP contribution in [0.5, 0.6) is 5.75 Å². The molecular weight excluding hydrogens is 428 g/mol. The lowest BCUT2D eigenvalue weighted by Crippen LogP contribution is -2.38. The van der Waals surface area contributed by atoms with E-state index >= 15 is 0 Å². The lowest BCUT2D eigenvalue weighted by molar-refractivity contribution is 0.0710. The summed E-state index contributed by atoms with van der Waals surface area (Å²) in [6, 6.07) is 14.7. The number of carbonyl (C=O) groups excluding carboxylic acids is 1. The van der Waals surface area contributed by atoms with Crippen molar-refractivity contribution in [3.05, 3.63) is 89.3 Å².